The van der Waals surface area contributed by atoms with Crippen LogP contribution in [-0.2, 0) is 6.61 Å². The molecule has 2 aromatic rings. The predicted molar refractivity (Wildman–Crippen MR) is 85.9 cm³/mol. The number of rotatable bonds is 5. The number of benzene rings is 1. The Morgan fingerprint density at radius 3 is 2.96 bits per heavy atom. The van der Waals surface area contributed by atoms with Crippen LogP contribution in [0.25, 0.3) is 0 Å². The van der Waals surface area contributed by atoms with Crippen molar-refractivity contribution in [2.45, 2.75) is 32.3 Å². The van der Waals surface area contributed by atoms with Crippen LogP contribution in [-0.4, -0.2) is 16.0 Å². The SMILES string of the molecule is Cc1ncncc1OCc1c(NC(=O)NN)cccc1C1CC1. The number of nitrogens with one attached hydrogen (secondary N) is 2. The highest BCUT2D eigenvalue weighted by Gasteiger charge is 2.27. The topological polar surface area (TPSA) is 102 Å². The number of hydrogen-bond acceptors (Lipinski definition) is 5. The highest BCUT2D eigenvalue weighted by atomic mass is 16.5. The van der Waals surface area contributed by atoms with Gasteiger partial charge in [0.1, 0.15) is 12.9 Å². The number of aromatic nitrogens is 2. The van der Waals surface area contributed by atoms with Gasteiger partial charge in [-0.15, -0.1) is 0 Å². The van der Waals surface area contributed by atoms with E-state index in [9.17, 15) is 4.79 Å². The number of nitrogens with zero attached hydrogens (tertiary/aromatic N) is 2. The van der Waals surface area contributed by atoms with Gasteiger partial charge in [0, 0.05) is 11.3 Å². The van der Waals surface area contributed by atoms with Crippen molar-refractivity contribution in [2.24, 2.45) is 5.84 Å². The third kappa shape index (κ3) is 3.57. The first-order chi connectivity index (χ1) is 11.2. The summed E-state index contributed by atoms with van der Waals surface area (Å²) in [6.45, 7) is 2.20. The normalized spacial score (nSPS) is 13.5. The summed E-state index contributed by atoms with van der Waals surface area (Å²) in [6, 6.07) is 5.39. The number of hydrazine groups is 1. The van der Waals surface area contributed by atoms with Crippen LogP contribution in [0.2, 0.25) is 0 Å². The van der Waals surface area contributed by atoms with E-state index in [1.807, 2.05) is 19.1 Å². The molecule has 0 bridgehead atoms. The van der Waals surface area contributed by atoms with Crippen LogP contribution in [0.3, 0.4) is 0 Å². The molecule has 1 aromatic heterocycles. The number of urea groups is 1. The van der Waals surface area contributed by atoms with E-state index in [0.29, 0.717) is 24.0 Å². The van der Waals surface area contributed by atoms with Gasteiger partial charge in [0.25, 0.3) is 0 Å². The summed E-state index contributed by atoms with van der Waals surface area (Å²) in [5.41, 5.74) is 5.72. The standard InChI is InChI=1S/C16H19N5O2/c1-10-15(7-18-9-19-10)23-8-13-12(11-5-6-11)3-2-4-14(13)20-16(22)21-17/h2-4,7,9,11H,5-6,8,17H2,1H3,(H2,20,21,22). The molecule has 0 atom stereocenters. The molecule has 2 amide bonds. The number of carbonyl (C=O) groups is 1. The minimum atomic E-state index is -0.460. The van der Waals surface area contributed by atoms with E-state index in [1.54, 1.807) is 6.20 Å². The van der Waals surface area contributed by atoms with Gasteiger partial charge in [0.05, 0.1) is 11.9 Å². The second-order valence-electron chi connectivity index (χ2n) is 5.51. The van der Waals surface area contributed by atoms with Gasteiger partial charge < -0.3 is 10.1 Å². The highest BCUT2D eigenvalue weighted by Crippen LogP contribution is 2.43. The Balaban J connectivity index is 1.86. The molecule has 1 fully saturated rings. The van der Waals surface area contributed by atoms with Crippen molar-refractivity contribution >= 4 is 11.7 Å². The molecule has 1 heterocycles. The Morgan fingerprint density at radius 1 is 1.43 bits per heavy atom. The van der Waals surface area contributed by atoms with Crippen LogP contribution in [0.1, 0.15) is 35.6 Å². The van der Waals surface area contributed by atoms with E-state index >= 15 is 0 Å². The summed E-state index contributed by atoms with van der Waals surface area (Å²) in [7, 11) is 0. The van der Waals surface area contributed by atoms with Crippen molar-refractivity contribution in [3.63, 3.8) is 0 Å². The summed E-state index contributed by atoms with van der Waals surface area (Å²) in [6.07, 6.45) is 5.45. The van der Waals surface area contributed by atoms with Gasteiger partial charge in [0.2, 0.25) is 0 Å². The highest BCUT2D eigenvalue weighted by molar-refractivity contribution is 5.89. The number of nitrogens with two attached hydrogens (primary N) is 1. The van der Waals surface area contributed by atoms with E-state index in [1.165, 1.54) is 11.9 Å². The fraction of sp³-hybridized carbons (Fsp3) is 0.312. The molecular weight excluding hydrogens is 294 g/mol. The summed E-state index contributed by atoms with van der Waals surface area (Å²) < 4.78 is 5.87. The van der Waals surface area contributed by atoms with Gasteiger partial charge in [-0.2, -0.15) is 0 Å². The molecule has 7 heteroatoms. The molecule has 1 aromatic carbocycles. The van der Waals surface area contributed by atoms with Crippen LogP contribution in [0.4, 0.5) is 10.5 Å². The molecule has 1 aliphatic rings. The lowest BCUT2D eigenvalue weighted by molar-refractivity contribution is 0.252. The maximum absolute atomic E-state index is 11.6. The maximum Gasteiger partial charge on any atom is 0.333 e. The Labute approximate surface area is 134 Å². The number of hydrogen-bond donors (Lipinski definition) is 3. The fourth-order valence-corrected chi connectivity index (χ4v) is 2.49. The first-order valence-electron chi connectivity index (χ1n) is 7.48. The number of carbonyl (C=O) groups excluding carboxylic acids is 1. The summed E-state index contributed by atoms with van der Waals surface area (Å²) in [5, 5.41) is 2.75. The van der Waals surface area contributed by atoms with Gasteiger partial charge in [-0.1, -0.05) is 12.1 Å². The number of aryl methyl sites for hydroxylation is 1. The molecule has 7 nitrogen and oxygen atoms in total. The first kappa shape index (κ1) is 15.2. The molecule has 0 spiro atoms. The second-order valence-corrected chi connectivity index (χ2v) is 5.51. The Bertz CT molecular complexity index is 715. The lowest BCUT2D eigenvalue weighted by atomic mass is 10.0. The summed E-state index contributed by atoms with van der Waals surface area (Å²) >= 11 is 0. The van der Waals surface area contributed by atoms with Crippen LogP contribution in [0.5, 0.6) is 5.75 Å². The lowest BCUT2D eigenvalue weighted by Gasteiger charge is -2.16. The minimum absolute atomic E-state index is 0.334. The van der Waals surface area contributed by atoms with E-state index in [2.05, 4.69) is 26.8 Å². The summed E-state index contributed by atoms with van der Waals surface area (Å²) in [4.78, 5) is 19.6. The smallest absolute Gasteiger partial charge is 0.333 e. The van der Waals surface area contributed by atoms with E-state index < -0.39 is 6.03 Å². The monoisotopic (exact) mass is 313 g/mol. The molecule has 23 heavy (non-hydrogen) atoms. The molecule has 0 unspecified atom stereocenters. The third-order valence-electron chi connectivity index (χ3n) is 3.85. The van der Waals surface area contributed by atoms with E-state index in [-0.39, 0.29) is 0 Å². The van der Waals surface area contributed by atoms with Gasteiger partial charge in [-0.25, -0.2) is 20.6 Å². The van der Waals surface area contributed by atoms with Crippen molar-refractivity contribution in [3.8, 4) is 5.75 Å². The molecule has 0 saturated heterocycles. The number of ether oxygens (including phenoxy) is 1. The predicted octanol–water partition coefficient (Wildman–Crippen LogP) is 2.24. The second kappa shape index (κ2) is 6.62. The van der Waals surface area contributed by atoms with Gasteiger partial charge >= 0.3 is 6.03 Å². The fourth-order valence-electron chi connectivity index (χ4n) is 2.49. The Hall–Kier alpha value is -2.67. The summed E-state index contributed by atoms with van der Waals surface area (Å²) in [5.74, 6) is 6.32. The molecule has 0 aliphatic heterocycles. The molecule has 1 aliphatic carbocycles. The quantitative estimate of drug-likeness (QED) is 0.446. The molecule has 1 saturated carbocycles. The molecule has 0 radical (unpaired) electrons. The zero-order chi connectivity index (χ0) is 16.2. The van der Waals surface area contributed by atoms with E-state index in [0.717, 1.165) is 24.1 Å². The minimum Gasteiger partial charge on any atom is -0.485 e. The Kier molecular flexibility index (Phi) is 4.38. The Morgan fingerprint density at radius 2 is 2.26 bits per heavy atom. The van der Waals surface area contributed by atoms with Crippen molar-refractivity contribution < 1.29 is 9.53 Å². The van der Waals surface area contributed by atoms with Crippen molar-refractivity contribution in [1.82, 2.24) is 15.4 Å². The van der Waals surface area contributed by atoms with Gasteiger partial charge in [-0.05, 0) is 37.3 Å². The van der Waals surface area contributed by atoms with Crippen molar-refractivity contribution in [2.75, 3.05) is 5.32 Å². The zero-order valence-corrected chi connectivity index (χ0v) is 12.9. The first-order valence-corrected chi connectivity index (χ1v) is 7.48. The van der Waals surface area contributed by atoms with Crippen LogP contribution < -0.4 is 21.3 Å². The zero-order valence-electron chi connectivity index (χ0n) is 12.9. The molecular formula is C16H19N5O2. The third-order valence-corrected chi connectivity index (χ3v) is 3.85. The average Bonchev–Trinajstić information content (AvgIpc) is 3.39. The van der Waals surface area contributed by atoms with Crippen LogP contribution >= 0.6 is 0 Å². The molecule has 120 valence electrons. The maximum atomic E-state index is 11.6. The van der Waals surface area contributed by atoms with Gasteiger partial charge in [-0.3, -0.25) is 5.43 Å². The molecule has 4 N–H and O–H groups in total. The molecule has 3 rings (SSSR count). The van der Waals surface area contributed by atoms with Crippen LogP contribution in [0, 0.1) is 6.92 Å². The van der Waals surface area contributed by atoms with Crippen LogP contribution in [0.15, 0.2) is 30.7 Å². The number of amides is 2. The van der Waals surface area contributed by atoms with E-state index in [4.69, 9.17) is 10.6 Å². The van der Waals surface area contributed by atoms with Crippen molar-refractivity contribution in [1.29, 1.82) is 0 Å². The van der Waals surface area contributed by atoms with Crippen molar-refractivity contribution in [3.05, 3.63) is 47.5 Å². The average molecular weight is 313 g/mol. The largest absolute Gasteiger partial charge is 0.485 e. The lowest BCUT2D eigenvalue weighted by Crippen LogP contribution is -2.34. The number of anilines is 1. The van der Waals surface area contributed by atoms with Gasteiger partial charge in [0.15, 0.2) is 5.75 Å².